The van der Waals surface area contributed by atoms with Gasteiger partial charge >= 0.3 is 0 Å². The highest BCUT2D eigenvalue weighted by Crippen LogP contribution is 2.10. The second-order valence-corrected chi connectivity index (χ2v) is 3.26. The maximum Gasteiger partial charge on any atom is 0.228 e. The van der Waals surface area contributed by atoms with Gasteiger partial charge in [0.05, 0.1) is 12.5 Å². The van der Waals surface area contributed by atoms with Crippen LogP contribution in [0.25, 0.3) is 0 Å². The van der Waals surface area contributed by atoms with Crippen LogP contribution < -0.4 is 5.32 Å². The molecule has 0 aromatic heterocycles. The molecule has 1 aliphatic heterocycles. The van der Waals surface area contributed by atoms with Crippen molar-refractivity contribution in [2.75, 3.05) is 0 Å². The van der Waals surface area contributed by atoms with Gasteiger partial charge in [-0.25, -0.2) is 0 Å². The number of ketones is 1. The summed E-state index contributed by atoms with van der Waals surface area (Å²) in [6.45, 7) is 2.12. The van der Waals surface area contributed by atoms with E-state index in [9.17, 15) is 9.59 Å². The fraction of sp³-hybridized carbons (Fsp3) is 0.778. The van der Waals surface area contributed by atoms with Crippen molar-refractivity contribution in [2.45, 2.75) is 45.1 Å². The predicted octanol–water partition coefficient (Wildman–Crippen LogP) is 1.02. The Balaban J connectivity index is 2.24. The number of unbranched alkanes of at least 4 members (excludes halogenated alkanes) is 2. The molecule has 1 aliphatic rings. The number of hydrogen-bond donors (Lipinski definition) is 1. The Hall–Kier alpha value is -0.860. The summed E-state index contributed by atoms with van der Waals surface area (Å²) in [6, 6.07) is -0.177. The quantitative estimate of drug-likeness (QED) is 0.504. The van der Waals surface area contributed by atoms with E-state index in [0.29, 0.717) is 0 Å². The lowest BCUT2D eigenvalue weighted by Gasteiger charge is -2.06. The Morgan fingerprint density at radius 2 is 2.17 bits per heavy atom. The molecule has 0 bridgehead atoms. The molecule has 1 saturated heterocycles. The van der Waals surface area contributed by atoms with Crippen molar-refractivity contribution in [1.29, 1.82) is 0 Å². The van der Waals surface area contributed by atoms with E-state index >= 15 is 0 Å². The number of carbonyl (C=O) groups excluding carboxylic acids is 2. The van der Waals surface area contributed by atoms with Crippen LogP contribution in [0.1, 0.15) is 39.0 Å². The number of rotatable bonds is 4. The van der Waals surface area contributed by atoms with E-state index < -0.39 is 0 Å². The molecule has 3 heteroatoms. The lowest BCUT2D eigenvalue weighted by molar-refractivity contribution is -0.122. The number of hydrogen-bond acceptors (Lipinski definition) is 2. The molecule has 0 saturated carbocycles. The van der Waals surface area contributed by atoms with Crippen LogP contribution in [0.5, 0.6) is 0 Å². The second kappa shape index (κ2) is 4.24. The monoisotopic (exact) mass is 169 g/mol. The van der Waals surface area contributed by atoms with Gasteiger partial charge in [0.25, 0.3) is 0 Å². The predicted molar refractivity (Wildman–Crippen MR) is 45.7 cm³/mol. The van der Waals surface area contributed by atoms with Crippen LogP contribution in [0.3, 0.4) is 0 Å². The van der Waals surface area contributed by atoms with Gasteiger partial charge in [-0.1, -0.05) is 26.2 Å². The third kappa shape index (κ3) is 2.32. The summed E-state index contributed by atoms with van der Waals surface area (Å²) in [4.78, 5) is 21.9. The normalized spacial score (nSPS) is 22.9. The lowest BCUT2D eigenvalue weighted by atomic mass is 10.1. The Labute approximate surface area is 72.5 Å². The average molecular weight is 169 g/mol. The van der Waals surface area contributed by atoms with Gasteiger partial charge in [0, 0.05) is 0 Å². The van der Waals surface area contributed by atoms with E-state index in [2.05, 4.69) is 12.2 Å². The van der Waals surface area contributed by atoms with Crippen LogP contribution in [0.4, 0.5) is 0 Å². The van der Waals surface area contributed by atoms with Gasteiger partial charge in [-0.15, -0.1) is 0 Å². The van der Waals surface area contributed by atoms with E-state index in [0.717, 1.165) is 25.7 Å². The summed E-state index contributed by atoms with van der Waals surface area (Å²) in [5.74, 6) is -0.0439. The van der Waals surface area contributed by atoms with Gasteiger partial charge < -0.3 is 5.32 Å². The zero-order valence-electron chi connectivity index (χ0n) is 7.43. The van der Waals surface area contributed by atoms with Crippen LogP contribution in [0, 0.1) is 0 Å². The van der Waals surface area contributed by atoms with Crippen molar-refractivity contribution in [1.82, 2.24) is 5.32 Å². The van der Waals surface area contributed by atoms with Gasteiger partial charge in [0.15, 0.2) is 5.78 Å². The molecule has 1 fully saturated rings. The van der Waals surface area contributed by atoms with Crippen molar-refractivity contribution >= 4 is 11.7 Å². The van der Waals surface area contributed by atoms with Gasteiger partial charge in [-0.2, -0.15) is 0 Å². The van der Waals surface area contributed by atoms with Crippen LogP contribution in [-0.4, -0.2) is 17.7 Å². The molecule has 1 unspecified atom stereocenters. The summed E-state index contributed by atoms with van der Waals surface area (Å²) < 4.78 is 0. The third-order valence-corrected chi connectivity index (χ3v) is 2.16. The first-order chi connectivity index (χ1) is 5.74. The van der Waals surface area contributed by atoms with Gasteiger partial charge in [-0.05, 0) is 6.42 Å². The lowest BCUT2D eigenvalue weighted by Crippen LogP contribution is -2.28. The highest BCUT2D eigenvalue weighted by atomic mass is 16.2. The molecule has 0 aromatic rings. The summed E-state index contributed by atoms with van der Waals surface area (Å²) >= 11 is 0. The highest BCUT2D eigenvalue weighted by molar-refractivity contribution is 6.07. The molecule has 1 atom stereocenters. The molecule has 1 N–H and O–H groups in total. The zero-order chi connectivity index (χ0) is 8.97. The fourth-order valence-electron chi connectivity index (χ4n) is 1.44. The van der Waals surface area contributed by atoms with Crippen molar-refractivity contribution < 1.29 is 9.59 Å². The summed E-state index contributed by atoms with van der Waals surface area (Å²) in [7, 11) is 0. The minimum atomic E-state index is -0.177. The standard InChI is InChI=1S/C9H15NO2/c1-2-3-4-5-7-8(11)6-9(12)10-7/h7H,2-6H2,1H3,(H,10,12). The van der Waals surface area contributed by atoms with Crippen molar-refractivity contribution in [2.24, 2.45) is 0 Å². The minimum absolute atomic E-state index is 0.0658. The maximum atomic E-state index is 11.1. The molecular weight excluding hydrogens is 154 g/mol. The van der Waals surface area contributed by atoms with Gasteiger partial charge in [0.2, 0.25) is 5.91 Å². The average Bonchev–Trinajstić information content (AvgIpc) is 2.31. The summed E-state index contributed by atoms with van der Waals surface area (Å²) in [6.07, 6.45) is 4.23. The van der Waals surface area contributed by atoms with E-state index in [1.54, 1.807) is 0 Å². The topological polar surface area (TPSA) is 46.2 Å². The van der Waals surface area contributed by atoms with Crippen LogP contribution in [-0.2, 0) is 9.59 Å². The number of carbonyl (C=O) groups is 2. The van der Waals surface area contributed by atoms with E-state index in [1.165, 1.54) is 0 Å². The first-order valence-electron chi connectivity index (χ1n) is 4.56. The fourth-order valence-corrected chi connectivity index (χ4v) is 1.44. The van der Waals surface area contributed by atoms with E-state index in [1.807, 2.05) is 0 Å². The van der Waals surface area contributed by atoms with E-state index in [4.69, 9.17) is 0 Å². The van der Waals surface area contributed by atoms with Gasteiger partial charge in [-0.3, -0.25) is 9.59 Å². The highest BCUT2D eigenvalue weighted by Gasteiger charge is 2.28. The maximum absolute atomic E-state index is 11.1. The smallest absolute Gasteiger partial charge is 0.228 e. The SMILES string of the molecule is CCCCCC1NC(=O)CC1=O. The van der Waals surface area contributed by atoms with Crippen LogP contribution in [0.2, 0.25) is 0 Å². The Morgan fingerprint density at radius 1 is 1.42 bits per heavy atom. The Morgan fingerprint density at radius 3 is 2.67 bits per heavy atom. The zero-order valence-corrected chi connectivity index (χ0v) is 7.43. The number of nitrogens with one attached hydrogen (secondary N) is 1. The molecule has 12 heavy (non-hydrogen) atoms. The van der Waals surface area contributed by atoms with Crippen LogP contribution >= 0.6 is 0 Å². The molecular formula is C9H15NO2. The first kappa shape index (κ1) is 9.23. The van der Waals surface area contributed by atoms with Gasteiger partial charge in [0.1, 0.15) is 0 Å². The van der Waals surface area contributed by atoms with Crippen LogP contribution in [0.15, 0.2) is 0 Å². The van der Waals surface area contributed by atoms with E-state index in [-0.39, 0.29) is 24.2 Å². The second-order valence-electron chi connectivity index (χ2n) is 3.26. The molecule has 1 amide bonds. The minimum Gasteiger partial charge on any atom is -0.346 e. The molecule has 0 aliphatic carbocycles. The molecule has 0 aromatic carbocycles. The number of amides is 1. The first-order valence-corrected chi connectivity index (χ1v) is 4.56. The summed E-state index contributed by atoms with van der Waals surface area (Å²) in [5, 5.41) is 2.67. The molecule has 3 nitrogen and oxygen atoms in total. The molecule has 68 valence electrons. The van der Waals surface area contributed by atoms with Crippen molar-refractivity contribution in [3.8, 4) is 0 Å². The molecule has 1 rings (SSSR count). The molecule has 1 heterocycles. The summed E-state index contributed by atoms with van der Waals surface area (Å²) in [5.41, 5.74) is 0. The van der Waals surface area contributed by atoms with Crippen molar-refractivity contribution in [3.63, 3.8) is 0 Å². The third-order valence-electron chi connectivity index (χ3n) is 2.16. The van der Waals surface area contributed by atoms with Crippen molar-refractivity contribution in [3.05, 3.63) is 0 Å². The molecule has 0 spiro atoms. The largest absolute Gasteiger partial charge is 0.346 e. The Kier molecular flexibility index (Phi) is 3.26. The molecule has 0 radical (unpaired) electrons. The Bertz CT molecular complexity index is 189. The number of Topliss-reactive ketones (excluding diaryl/α,β-unsaturated/α-hetero) is 1.